The Morgan fingerprint density at radius 3 is 2.50 bits per heavy atom. The predicted molar refractivity (Wildman–Crippen MR) is 71.2 cm³/mol. The second-order valence-corrected chi connectivity index (χ2v) is 4.51. The molecule has 0 saturated carbocycles. The van der Waals surface area contributed by atoms with E-state index < -0.39 is 5.54 Å². The van der Waals surface area contributed by atoms with E-state index in [4.69, 9.17) is 0 Å². The number of hydrogen-bond donors (Lipinski definition) is 2. The first kappa shape index (κ1) is 12.8. The van der Waals surface area contributed by atoms with Crippen LogP contribution >= 0.6 is 0 Å². The third kappa shape index (κ3) is 2.44. The highest BCUT2D eigenvalue weighted by Crippen LogP contribution is 2.22. The number of aryl methyl sites for hydroxylation is 1. The van der Waals surface area contributed by atoms with Crippen molar-refractivity contribution in [3.8, 4) is 0 Å². The summed E-state index contributed by atoms with van der Waals surface area (Å²) >= 11 is 0. The van der Waals surface area contributed by atoms with Crippen LogP contribution in [0.2, 0.25) is 0 Å². The zero-order chi connectivity index (χ0) is 13.0. The third-order valence-electron chi connectivity index (χ3n) is 3.28. The van der Waals surface area contributed by atoms with Gasteiger partial charge in [0.1, 0.15) is 0 Å². The van der Waals surface area contributed by atoms with Crippen LogP contribution in [0.15, 0.2) is 42.6 Å². The van der Waals surface area contributed by atoms with Gasteiger partial charge in [0.25, 0.3) is 0 Å². The topological polar surface area (TPSA) is 50.1 Å². The summed E-state index contributed by atoms with van der Waals surface area (Å²) in [4.78, 5) is 0. The largest absolute Gasteiger partial charge is 0.394 e. The maximum Gasteiger partial charge on any atom is 0.0865 e. The van der Waals surface area contributed by atoms with E-state index >= 15 is 0 Å². The molecule has 96 valence electrons. The van der Waals surface area contributed by atoms with E-state index in [1.54, 1.807) is 0 Å². The maximum atomic E-state index is 9.79. The highest BCUT2D eigenvalue weighted by molar-refractivity contribution is 5.24. The molecule has 1 unspecified atom stereocenters. The summed E-state index contributed by atoms with van der Waals surface area (Å²) in [5.74, 6) is 0. The lowest BCUT2D eigenvalue weighted by atomic mass is 9.91. The van der Waals surface area contributed by atoms with Gasteiger partial charge in [-0.3, -0.25) is 4.68 Å². The molecule has 18 heavy (non-hydrogen) atoms. The number of likely N-dealkylation sites (N-methyl/N-ethyl adjacent to an activating group) is 1. The van der Waals surface area contributed by atoms with Crippen molar-refractivity contribution in [2.45, 2.75) is 19.0 Å². The molecule has 2 rings (SSSR count). The molecule has 4 heteroatoms. The Hall–Kier alpha value is -1.65. The van der Waals surface area contributed by atoms with Crippen molar-refractivity contribution < 1.29 is 5.11 Å². The minimum atomic E-state index is -0.500. The molecule has 0 radical (unpaired) electrons. The minimum absolute atomic E-state index is 0.0203. The monoisotopic (exact) mass is 245 g/mol. The first-order chi connectivity index (χ1) is 8.70. The Kier molecular flexibility index (Phi) is 3.79. The fraction of sp³-hybridized carbons (Fsp3) is 0.357. The zero-order valence-electron chi connectivity index (χ0n) is 10.8. The summed E-state index contributed by atoms with van der Waals surface area (Å²) in [7, 11) is 1.86. The van der Waals surface area contributed by atoms with Crippen LogP contribution in [0.5, 0.6) is 0 Å². The van der Waals surface area contributed by atoms with Crippen molar-refractivity contribution in [1.82, 2.24) is 15.1 Å². The quantitative estimate of drug-likeness (QED) is 0.835. The van der Waals surface area contributed by atoms with Crippen LogP contribution in [-0.2, 0) is 12.1 Å². The molecule has 1 heterocycles. The predicted octanol–water partition coefficient (Wildman–Crippen LogP) is 1.30. The SMILES string of the molecule is CNC(CO)(Cn1ccc(C)n1)c1ccccc1. The zero-order valence-corrected chi connectivity index (χ0v) is 10.8. The summed E-state index contributed by atoms with van der Waals surface area (Å²) in [5, 5.41) is 17.4. The Balaban J connectivity index is 2.32. The number of aromatic nitrogens is 2. The number of aliphatic hydroxyl groups is 1. The van der Waals surface area contributed by atoms with E-state index in [2.05, 4.69) is 10.4 Å². The van der Waals surface area contributed by atoms with Crippen molar-refractivity contribution in [1.29, 1.82) is 0 Å². The number of rotatable bonds is 5. The highest BCUT2D eigenvalue weighted by Gasteiger charge is 2.30. The van der Waals surface area contributed by atoms with Crippen LogP contribution < -0.4 is 5.32 Å². The Bertz CT molecular complexity index is 489. The standard InChI is InChI=1S/C14H19N3O/c1-12-8-9-17(16-12)10-14(11-18,15-2)13-6-4-3-5-7-13/h3-9,15,18H,10-11H2,1-2H3. The van der Waals surface area contributed by atoms with Crippen LogP contribution in [0.1, 0.15) is 11.3 Å². The van der Waals surface area contributed by atoms with Crippen molar-refractivity contribution >= 4 is 0 Å². The van der Waals surface area contributed by atoms with E-state index in [0.29, 0.717) is 6.54 Å². The first-order valence-electron chi connectivity index (χ1n) is 6.05. The second kappa shape index (κ2) is 5.33. The average molecular weight is 245 g/mol. The number of hydrogen-bond acceptors (Lipinski definition) is 3. The van der Waals surface area contributed by atoms with Crippen molar-refractivity contribution in [2.24, 2.45) is 0 Å². The summed E-state index contributed by atoms with van der Waals surface area (Å²) < 4.78 is 1.86. The van der Waals surface area contributed by atoms with Crippen LogP contribution in [0, 0.1) is 6.92 Å². The Morgan fingerprint density at radius 1 is 1.28 bits per heavy atom. The van der Waals surface area contributed by atoms with Gasteiger partial charge in [0.15, 0.2) is 0 Å². The number of aliphatic hydroxyl groups excluding tert-OH is 1. The molecule has 0 fully saturated rings. The normalized spacial score (nSPS) is 14.4. The van der Waals surface area contributed by atoms with Gasteiger partial charge in [-0.2, -0.15) is 5.10 Å². The summed E-state index contributed by atoms with van der Waals surface area (Å²) in [6.07, 6.45) is 1.93. The van der Waals surface area contributed by atoms with Gasteiger partial charge in [0, 0.05) is 6.20 Å². The molecule has 1 aromatic carbocycles. The van der Waals surface area contributed by atoms with Gasteiger partial charge in [0.2, 0.25) is 0 Å². The molecule has 0 amide bonds. The van der Waals surface area contributed by atoms with Gasteiger partial charge in [-0.05, 0) is 25.6 Å². The molecule has 0 spiro atoms. The van der Waals surface area contributed by atoms with E-state index in [9.17, 15) is 5.11 Å². The molecule has 0 saturated heterocycles. The molecular formula is C14H19N3O. The van der Waals surface area contributed by atoms with Crippen molar-refractivity contribution in [3.05, 3.63) is 53.9 Å². The minimum Gasteiger partial charge on any atom is -0.394 e. The van der Waals surface area contributed by atoms with Gasteiger partial charge < -0.3 is 10.4 Å². The van der Waals surface area contributed by atoms with Crippen molar-refractivity contribution in [2.75, 3.05) is 13.7 Å². The van der Waals surface area contributed by atoms with Gasteiger partial charge in [-0.15, -0.1) is 0 Å². The molecule has 0 bridgehead atoms. The lowest BCUT2D eigenvalue weighted by molar-refractivity contribution is 0.146. The van der Waals surface area contributed by atoms with Gasteiger partial charge in [0.05, 0.1) is 24.4 Å². The fourth-order valence-electron chi connectivity index (χ4n) is 2.12. The first-order valence-corrected chi connectivity index (χ1v) is 6.05. The Morgan fingerprint density at radius 2 is 2.00 bits per heavy atom. The maximum absolute atomic E-state index is 9.79. The summed E-state index contributed by atoms with van der Waals surface area (Å²) in [6.45, 7) is 2.57. The van der Waals surface area contributed by atoms with Gasteiger partial charge >= 0.3 is 0 Å². The summed E-state index contributed by atoms with van der Waals surface area (Å²) in [6, 6.07) is 11.9. The third-order valence-corrected chi connectivity index (χ3v) is 3.28. The van der Waals surface area contributed by atoms with Crippen LogP contribution in [0.25, 0.3) is 0 Å². The molecule has 4 nitrogen and oxygen atoms in total. The second-order valence-electron chi connectivity index (χ2n) is 4.51. The van der Waals surface area contributed by atoms with E-state index in [1.165, 1.54) is 0 Å². The molecule has 1 aromatic heterocycles. The number of nitrogens with one attached hydrogen (secondary N) is 1. The summed E-state index contributed by atoms with van der Waals surface area (Å²) in [5.41, 5.74) is 1.54. The molecule has 0 aliphatic heterocycles. The molecule has 0 aliphatic rings. The van der Waals surface area contributed by atoms with E-state index in [-0.39, 0.29) is 6.61 Å². The molecule has 1 atom stereocenters. The molecule has 2 N–H and O–H groups in total. The molecule has 0 aliphatic carbocycles. The van der Waals surface area contributed by atoms with Gasteiger partial charge in [-0.1, -0.05) is 30.3 Å². The smallest absolute Gasteiger partial charge is 0.0865 e. The highest BCUT2D eigenvalue weighted by atomic mass is 16.3. The van der Waals surface area contributed by atoms with Crippen LogP contribution in [-0.4, -0.2) is 28.5 Å². The Labute approximate surface area is 107 Å². The van der Waals surface area contributed by atoms with E-state index in [1.807, 2.05) is 61.2 Å². The van der Waals surface area contributed by atoms with Crippen molar-refractivity contribution in [3.63, 3.8) is 0 Å². The lowest BCUT2D eigenvalue weighted by Gasteiger charge is -2.32. The average Bonchev–Trinajstić information content (AvgIpc) is 2.82. The van der Waals surface area contributed by atoms with Gasteiger partial charge in [-0.25, -0.2) is 0 Å². The number of benzene rings is 1. The van der Waals surface area contributed by atoms with Crippen LogP contribution in [0.3, 0.4) is 0 Å². The fourth-order valence-corrected chi connectivity index (χ4v) is 2.12. The lowest BCUT2D eigenvalue weighted by Crippen LogP contribution is -2.47. The van der Waals surface area contributed by atoms with Crippen LogP contribution in [0.4, 0.5) is 0 Å². The number of nitrogens with zero attached hydrogens (tertiary/aromatic N) is 2. The molecule has 2 aromatic rings. The molecular weight excluding hydrogens is 226 g/mol. The van der Waals surface area contributed by atoms with E-state index in [0.717, 1.165) is 11.3 Å².